The van der Waals surface area contributed by atoms with Crippen LogP contribution in [0.15, 0.2) is 20.9 Å². The van der Waals surface area contributed by atoms with Gasteiger partial charge in [0, 0.05) is 30.6 Å². The largest absolute Gasteiger partial charge is 0.375 e. The van der Waals surface area contributed by atoms with Gasteiger partial charge in [0.25, 0.3) is 0 Å². The van der Waals surface area contributed by atoms with Gasteiger partial charge in [-0.3, -0.25) is 0 Å². The Bertz CT molecular complexity index is 578. The number of rotatable bonds is 2. The van der Waals surface area contributed by atoms with Gasteiger partial charge in [0.2, 0.25) is 0 Å². The van der Waals surface area contributed by atoms with Crippen LogP contribution in [-0.2, 0) is 5.75 Å². The molecule has 2 N–H and O–H groups in total. The molecule has 0 aromatic carbocycles. The average molecular weight is 327 g/mol. The number of thioether (sulfide) groups is 2. The van der Waals surface area contributed by atoms with E-state index in [0.717, 1.165) is 23.2 Å². The van der Waals surface area contributed by atoms with Crippen LogP contribution in [0.1, 0.15) is 19.5 Å². The topological polar surface area (TPSA) is 54.5 Å². The summed E-state index contributed by atoms with van der Waals surface area (Å²) >= 11 is 5.16. The van der Waals surface area contributed by atoms with Gasteiger partial charge in [-0.1, -0.05) is 17.3 Å². The Hall–Kier alpha value is -0.660. The van der Waals surface area contributed by atoms with Crippen LogP contribution >= 0.6 is 34.9 Å². The summed E-state index contributed by atoms with van der Waals surface area (Å²) in [4.78, 5) is 12.9. The molecule has 0 bridgehead atoms. The van der Waals surface area contributed by atoms with E-state index in [1.165, 1.54) is 21.8 Å². The average Bonchev–Trinajstić information content (AvgIpc) is 2.93. The number of amidine groups is 1. The number of hydrogen-bond acceptors (Lipinski definition) is 7. The van der Waals surface area contributed by atoms with E-state index in [1.807, 2.05) is 17.1 Å². The summed E-state index contributed by atoms with van der Waals surface area (Å²) in [5.41, 5.74) is 8.21. The number of hydrogen-bond donors (Lipinski definition) is 1. The number of anilines is 1. The minimum absolute atomic E-state index is 0.370. The fourth-order valence-electron chi connectivity index (χ4n) is 2.43. The standard InChI is InChI=1S/C13H18N4S3/c1-7-8(2)20-11-10(7)4-17(3)13(16-11)19-6-9-5-18-12(14)15-9/h5,10-11H,4,6H2,1-3H3,(H2,14,15). The summed E-state index contributed by atoms with van der Waals surface area (Å²) in [5, 5.41) is 4.15. The van der Waals surface area contributed by atoms with Gasteiger partial charge in [0.05, 0.1) is 5.69 Å². The van der Waals surface area contributed by atoms with Crippen LogP contribution in [-0.4, -0.2) is 34.0 Å². The summed E-state index contributed by atoms with van der Waals surface area (Å²) < 4.78 is 0. The molecule has 2 aliphatic heterocycles. The van der Waals surface area contributed by atoms with Crippen LogP contribution in [0.2, 0.25) is 0 Å². The summed E-state index contributed by atoms with van der Waals surface area (Å²) in [6.07, 6.45) is 0. The second-order valence-electron chi connectivity index (χ2n) is 5.11. The second-order valence-corrected chi connectivity index (χ2v) is 8.28. The van der Waals surface area contributed by atoms with Crippen LogP contribution in [0.4, 0.5) is 5.13 Å². The van der Waals surface area contributed by atoms with Gasteiger partial charge in [0.1, 0.15) is 5.37 Å². The molecular formula is C13H18N4S3. The molecule has 7 heteroatoms. The molecule has 0 radical (unpaired) electrons. The smallest absolute Gasteiger partial charge is 0.180 e. The Kier molecular flexibility index (Phi) is 4.01. The first-order valence-electron chi connectivity index (χ1n) is 6.50. The molecule has 2 unspecified atom stereocenters. The van der Waals surface area contributed by atoms with Gasteiger partial charge in [-0.25, -0.2) is 9.98 Å². The Morgan fingerprint density at radius 3 is 3.00 bits per heavy atom. The molecule has 3 rings (SSSR count). The summed E-state index contributed by atoms with van der Waals surface area (Å²) in [7, 11) is 2.13. The maximum atomic E-state index is 5.66. The quantitative estimate of drug-likeness (QED) is 0.904. The van der Waals surface area contributed by atoms with E-state index in [2.05, 4.69) is 30.8 Å². The van der Waals surface area contributed by atoms with E-state index in [-0.39, 0.29) is 0 Å². The molecule has 1 aromatic heterocycles. The van der Waals surface area contributed by atoms with Crippen LogP contribution in [0.25, 0.3) is 0 Å². The van der Waals surface area contributed by atoms with Crippen molar-refractivity contribution < 1.29 is 0 Å². The molecule has 2 aliphatic rings. The Morgan fingerprint density at radius 2 is 2.30 bits per heavy atom. The van der Waals surface area contributed by atoms with Gasteiger partial charge < -0.3 is 10.6 Å². The van der Waals surface area contributed by atoms with E-state index >= 15 is 0 Å². The number of thiazole rings is 1. The molecular weight excluding hydrogens is 308 g/mol. The summed E-state index contributed by atoms with van der Waals surface area (Å²) in [6, 6.07) is 0. The van der Waals surface area contributed by atoms with Crippen LogP contribution < -0.4 is 5.73 Å². The van der Waals surface area contributed by atoms with Crippen molar-refractivity contribution in [3.8, 4) is 0 Å². The molecule has 0 amide bonds. The van der Waals surface area contributed by atoms with Crippen molar-refractivity contribution in [3.05, 3.63) is 21.6 Å². The van der Waals surface area contributed by atoms with E-state index in [1.54, 1.807) is 11.8 Å². The minimum Gasteiger partial charge on any atom is -0.375 e. The molecule has 0 saturated heterocycles. The second kappa shape index (κ2) is 5.61. The van der Waals surface area contributed by atoms with E-state index < -0.39 is 0 Å². The molecule has 2 atom stereocenters. The molecule has 0 fully saturated rings. The maximum Gasteiger partial charge on any atom is 0.180 e. The highest BCUT2D eigenvalue weighted by molar-refractivity contribution is 8.13. The third kappa shape index (κ3) is 2.71. The van der Waals surface area contributed by atoms with Gasteiger partial charge in [-0.2, -0.15) is 0 Å². The number of nitrogen functional groups attached to an aromatic ring is 1. The van der Waals surface area contributed by atoms with Crippen molar-refractivity contribution in [3.63, 3.8) is 0 Å². The Balaban J connectivity index is 1.68. The van der Waals surface area contributed by atoms with E-state index in [4.69, 9.17) is 10.7 Å². The van der Waals surface area contributed by atoms with Crippen LogP contribution in [0.5, 0.6) is 0 Å². The monoisotopic (exact) mass is 326 g/mol. The Labute approximate surface area is 131 Å². The zero-order valence-corrected chi connectivity index (χ0v) is 14.2. The minimum atomic E-state index is 0.370. The molecule has 0 saturated carbocycles. The number of fused-ring (bicyclic) bond motifs is 1. The van der Waals surface area contributed by atoms with Gasteiger partial charge in [-0.05, 0) is 18.8 Å². The van der Waals surface area contributed by atoms with Crippen molar-refractivity contribution in [2.24, 2.45) is 10.9 Å². The maximum absolute atomic E-state index is 5.66. The van der Waals surface area contributed by atoms with Gasteiger partial charge in [-0.15, -0.1) is 23.1 Å². The highest BCUT2D eigenvalue weighted by Gasteiger charge is 2.36. The zero-order chi connectivity index (χ0) is 14.3. The first-order chi connectivity index (χ1) is 9.54. The van der Waals surface area contributed by atoms with Crippen molar-refractivity contribution in [2.45, 2.75) is 25.0 Å². The molecule has 0 aliphatic carbocycles. The highest BCUT2D eigenvalue weighted by atomic mass is 32.2. The third-order valence-electron chi connectivity index (χ3n) is 3.71. The van der Waals surface area contributed by atoms with E-state index in [9.17, 15) is 0 Å². The fraction of sp³-hybridized carbons (Fsp3) is 0.538. The van der Waals surface area contributed by atoms with E-state index in [0.29, 0.717) is 16.4 Å². The van der Waals surface area contributed by atoms with Crippen molar-refractivity contribution in [1.82, 2.24) is 9.88 Å². The predicted molar refractivity (Wildman–Crippen MR) is 91.1 cm³/mol. The van der Waals surface area contributed by atoms with Crippen LogP contribution in [0, 0.1) is 5.92 Å². The third-order valence-corrected chi connectivity index (χ3v) is 6.90. The normalized spacial score (nSPS) is 25.9. The SMILES string of the molecule is CC1=C(C)C2CN(C)C(SCc3csc(N)n3)=NC2S1. The van der Waals surface area contributed by atoms with Crippen molar-refractivity contribution in [2.75, 3.05) is 19.3 Å². The summed E-state index contributed by atoms with van der Waals surface area (Å²) in [5.74, 6) is 1.41. The number of aromatic nitrogens is 1. The predicted octanol–water partition coefficient (Wildman–Crippen LogP) is 3.24. The number of nitrogens with two attached hydrogens (primary N) is 1. The van der Waals surface area contributed by atoms with Crippen molar-refractivity contribution >= 4 is 45.2 Å². The lowest BCUT2D eigenvalue weighted by Gasteiger charge is -2.32. The molecule has 108 valence electrons. The van der Waals surface area contributed by atoms with Crippen molar-refractivity contribution in [1.29, 1.82) is 0 Å². The molecule has 0 spiro atoms. The Morgan fingerprint density at radius 1 is 1.50 bits per heavy atom. The molecule has 20 heavy (non-hydrogen) atoms. The first kappa shape index (κ1) is 14.3. The van der Waals surface area contributed by atoms with Gasteiger partial charge >= 0.3 is 0 Å². The lowest BCUT2D eigenvalue weighted by Crippen LogP contribution is -2.38. The zero-order valence-electron chi connectivity index (χ0n) is 11.8. The lowest BCUT2D eigenvalue weighted by molar-refractivity contribution is 0.395. The molecule has 3 heterocycles. The summed E-state index contributed by atoms with van der Waals surface area (Å²) in [6.45, 7) is 5.51. The van der Waals surface area contributed by atoms with Gasteiger partial charge in [0.15, 0.2) is 10.3 Å². The molecule has 4 nitrogen and oxygen atoms in total. The van der Waals surface area contributed by atoms with Crippen LogP contribution in [0.3, 0.4) is 0 Å². The fourth-order valence-corrected chi connectivity index (χ4v) is 5.38. The number of aliphatic imine (C=N–C) groups is 1. The molecule has 1 aromatic rings. The lowest BCUT2D eigenvalue weighted by atomic mass is 9.99. The number of allylic oxidation sites excluding steroid dienone is 1. The highest BCUT2D eigenvalue weighted by Crippen LogP contribution is 2.45. The first-order valence-corrected chi connectivity index (χ1v) is 9.24. The number of nitrogens with zero attached hydrogens (tertiary/aromatic N) is 3.